The SMILES string of the molecule is NC(=O)N1CCC[C@H]1COC(=O)CC1CCCC1. The van der Waals surface area contributed by atoms with Crippen LogP contribution in [0.1, 0.15) is 44.9 Å². The molecule has 0 unspecified atom stereocenters. The lowest BCUT2D eigenvalue weighted by Gasteiger charge is -2.22. The first-order valence-electron chi connectivity index (χ1n) is 6.88. The standard InChI is InChI=1S/C13H22N2O3/c14-13(17)15-7-3-6-11(15)9-18-12(16)8-10-4-1-2-5-10/h10-11H,1-9H2,(H2,14,17)/t11-/m0/s1. The van der Waals surface area contributed by atoms with E-state index in [1.165, 1.54) is 12.8 Å². The van der Waals surface area contributed by atoms with Gasteiger partial charge in [0, 0.05) is 13.0 Å². The van der Waals surface area contributed by atoms with Crippen LogP contribution in [0, 0.1) is 5.92 Å². The van der Waals surface area contributed by atoms with Crippen molar-refractivity contribution in [3.8, 4) is 0 Å². The van der Waals surface area contributed by atoms with Gasteiger partial charge in [0.1, 0.15) is 6.61 Å². The van der Waals surface area contributed by atoms with Gasteiger partial charge in [-0.25, -0.2) is 4.79 Å². The average molecular weight is 254 g/mol. The molecule has 5 heteroatoms. The van der Waals surface area contributed by atoms with Gasteiger partial charge in [-0.3, -0.25) is 4.79 Å². The van der Waals surface area contributed by atoms with Crippen LogP contribution in [0.4, 0.5) is 4.79 Å². The first-order chi connectivity index (χ1) is 8.66. The minimum Gasteiger partial charge on any atom is -0.463 e. The van der Waals surface area contributed by atoms with E-state index >= 15 is 0 Å². The zero-order valence-corrected chi connectivity index (χ0v) is 10.8. The molecule has 2 N–H and O–H groups in total. The average Bonchev–Trinajstić information content (AvgIpc) is 2.96. The zero-order valence-electron chi connectivity index (χ0n) is 10.8. The van der Waals surface area contributed by atoms with Crippen molar-refractivity contribution in [3.05, 3.63) is 0 Å². The van der Waals surface area contributed by atoms with Gasteiger partial charge in [0.05, 0.1) is 6.04 Å². The second kappa shape index (κ2) is 6.07. The smallest absolute Gasteiger partial charge is 0.315 e. The monoisotopic (exact) mass is 254 g/mol. The lowest BCUT2D eigenvalue weighted by Crippen LogP contribution is -2.42. The molecule has 2 rings (SSSR count). The molecule has 0 spiro atoms. The molecule has 1 heterocycles. The van der Waals surface area contributed by atoms with Gasteiger partial charge in [0.25, 0.3) is 0 Å². The van der Waals surface area contributed by atoms with E-state index in [-0.39, 0.29) is 12.0 Å². The van der Waals surface area contributed by atoms with Gasteiger partial charge in [0.2, 0.25) is 0 Å². The molecule has 102 valence electrons. The van der Waals surface area contributed by atoms with Gasteiger partial charge < -0.3 is 15.4 Å². The Morgan fingerprint density at radius 1 is 1.17 bits per heavy atom. The van der Waals surface area contributed by atoms with Crippen LogP contribution < -0.4 is 5.73 Å². The lowest BCUT2D eigenvalue weighted by molar-refractivity contribution is -0.146. The number of primary amides is 1. The fourth-order valence-corrected chi connectivity index (χ4v) is 3.00. The largest absolute Gasteiger partial charge is 0.463 e. The molecule has 2 fully saturated rings. The van der Waals surface area contributed by atoms with Gasteiger partial charge in [-0.2, -0.15) is 0 Å². The second-order valence-corrected chi connectivity index (χ2v) is 5.37. The molecule has 5 nitrogen and oxygen atoms in total. The zero-order chi connectivity index (χ0) is 13.0. The Morgan fingerprint density at radius 3 is 2.56 bits per heavy atom. The first-order valence-corrected chi connectivity index (χ1v) is 6.88. The van der Waals surface area contributed by atoms with Crippen molar-refractivity contribution in [1.29, 1.82) is 0 Å². The van der Waals surface area contributed by atoms with Crippen molar-refractivity contribution >= 4 is 12.0 Å². The van der Waals surface area contributed by atoms with E-state index in [9.17, 15) is 9.59 Å². The number of esters is 1. The number of urea groups is 1. The topological polar surface area (TPSA) is 72.6 Å². The number of rotatable bonds is 4. The Balaban J connectivity index is 1.70. The molecule has 0 aromatic rings. The van der Waals surface area contributed by atoms with Crippen LogP contribution in [0.15, 0.2) is 0 Å². The Hall–Kier alpha value is -1.26. The van der Waals surface area contributed by atoms with E-state index < -0.39 is 6.03 Å². The lowest BCUT2D eigenvalue weighted by atomic mass is 10.0. The van der Waals surface area contributed by atoms with Gasteiger partial charge in [0.15, 0.2) is 0 Å². The Morgan fingerprint density at radius 2 is 1.89 bits per heavy atom. The van der Waals surface area contributed by atoms with Crippen molar-refractivity contribution in [2.24, 2.45) is 11.7 Å². The molecule has 0 bridgehead atoms. The fraction of sp³-hybridized carbons (Fsp3) is 0.846. The quantitative estimate of drug-likeness (QED) is 0.775. The summed E-state index contributed by atoms with van der Waals surface area (Å²) in [6.07, 6.45) is 7.10. The predicted octanol–water partition coefficient (Wildman–Crippen LogP) is 1.65. The number of hydrogen-bond donors (Lipinski definition) is 1. The maximum Gasteiger partial charge on any atom is 0.315 e. The maximum absolute atomic E-state index is 11.7. The third-order valence-corrected chi connectivity index (χ3v) is 4.03. The number of carbonyl (C=O) groups is 2. The highest BCUT2D eigenvalue weighted by Crippen LogP contribution is 2.27. The van der Waals surface area contributed by atoms with Gasteiger partial charge >= 0.3 is 12.0 Å². The first kappa shape index (κ1) is 13.2. The summed E-state index contributed by atoms with van der Waals surface area (Å²) < 4.78 is 5.28. The number of hydrogen-bond acceptors (Lipinski definition) is 3. The fourth-order valence-electron chi connectivity index (χ4n) is 3.00. The van der Waals surface area contributed by atoms with Crippen LogP contribution in [0.5, 0.6) is 0 Å². The molecule has 0 aromatic carbocycles. The summed E-state index contributed by atoms with van der Waals surface area (Å²) in [6.45, 7) is 0.981. The summed E-state index contributed by atoms with van der Waals surface area (Å²) in [6, 6.07) is -0.431. The van der Waals surface area contributed by atoms with Crippen molar-refractivity contribution in [2.45, 2.75) is 51.0 Å². The highest BCUT2D eigenvalue weighted by atomic mass is 16.5. The van der Waals surface area contributed by atoms with E-state index in [2.05, 4.69) is 0 Å². The number of ether oxygens (including phenoxy) is 1. The number of carbonyl (C=O) groups excluding carboxylic acids is 2. The Bertz CT molecular complexity index is 313. The van der Waals surface area contributed by atoms with Crippen LogP contribution in [0.3, 0.4) is 0 Å². The Labute approximate surface area is 108 Å². The minimum absolute atomic E-state index is 0.0185. The maximum atomic E-state index is 11.7. The van der Waals surface area contributed by atoms with E-state index in [1.54, 1.807) is 4.90 Å². The van der Waals surface area contributed by atoms with E-state index in [0.29, 0.717) is 25.5 Å². The van der Waals surface area contributed by atoms with Crippen molar-refractivity contribution in [1.82, 2.24) is 4.90 Å². The molecule has 2 aliphatic rings. The van der Waals surface area contributed by atoms with Crippen molar-refractivity contribution in [3.63, 3.8) is 0 Å². The van der Waals surface area contributed by atoms with Crippen LogP contribution in [-0.2, 0) is 9.53 Å². The molecule has 0 radical (unpaired) electrons. The second-order valence-electron chi connectivity index (χ2n) is 5.37. The summed E-state index contributed by atoms with van der Waals surface area (Å²) in [5.41, 5.74) is 5.27. The number of amides is 2. The van der Waals surface area contributed by atoms with Crippen molar-refractivity contribution in [2.75, 3.05) is 13.2 Å². The van der Waals surface area contributed by atoms with E-state index in [4.69, 9.17) is 10.5 Å². The van der Waals surface area contributed by atoms with Crippen molar-refractivity contribution < 1.29 is 14.3 Å². The van der Waals surface area contributed by atoms with Crippen LogP contribution in [-0.4, -0.2) is 36.1 Å². The molecule has 1 saturated carbocycles. The molecular weight excluding hydrogens is 232 g/mol. The summed E-state index contributed by atoms with van der Waals surface area (Å²) in [7, 11) is 0. The van der Waals surface area contributed by atoms with Crippen LogP contribution in [0.25, 0.3) is 0 Å². The van der Waals surface area contributed by atoms with E-state index in [0.717, 1.165) is 25.7 Å². The molecule has 1 atom stereocenters. The third-order valence-electron chi connectivity index (χ3n) is 4.03. The molecule has 1 saturated heterocycles. The molecule has 1 aliphatic heterocycles. The molecule has 1 aliphatic carbocycles. The summed E-state index contributed by atoms with van der Waals surface area (Å²) in [5.74, 6) is 0.381. The summed E-state index contributed by atoms with van der Waals surface area (Å²) in [5, 5.41) is 0. The third kappa shape index (κ3) is 3.37. The minimum atomic E-state index is -0.413. The highest BCUT2D eigenvalue weighted by Gasteiger charge is 2.28. The predicted molar refractivity (Wildman–Crippen MR) is 66.8 cm³/mol. The van der Waals surface area contributed by atoms with E-state index in [1.807, 2.05) is 0 Å². The number of nitrogens with two attached hydrogens (primary N) is 1. The molecule has 2 amide bonds. The van der Waals surface area contributed by atoms with Crippen LogP contribution >= 0.6 is 0 Å². The van der Waals surface area contributed by atoms with Gasteiger partial charge in [-0.15, -0.1) is 0 Å². The number of nitrogens with zero attached hydrogens (tertiary/aromatic N) is 1. The Kier molecular flexibility index (Phi) is 4.44. The molecule has 0 aromatic heterocycles. The van der Waals surface area contributed by atoms with Gasteiger partial charge in [-0.1, -0.05) is 12.8 Å². The highest BCUT2D eigenvalue weighted by molar-refractivity contribution is 5.73. The van der Waals surface area contributed by atoms with Gasteiger partial charge in [-0.05, 0) is 31.6 Å². The molecular formula is C13H22N2O3. The normalized spacial score (nSPS) is 24.4. The van der Waals surface area contributed by atoms with Crippen LogP contribution in [0.2, 0.25) is 0 Å². The summed E-state index contributed by atoms with van der Waals surface area (Å²) in [4.78, 5) is 24.4. The molecule has 18 heavy (non-hydrogen) atoms. The number of likely N-dealkylation sites (tertiary alicyclic amines) is 1. The summed E-state index contributed by atoms with van der Waals surface area (Å²) >= 11 is 0.